The van der Waals surface area contributed by atoms with E-state index in [-0.39, 0.29) is 24.2 Å². The van der Waals surface area contributed by atoms with Gasteiger partial charge in [-0.05, 0) is 42.7 Å². The Hall–Kier alpha value is -2.16. The number of carbonyl (C=O) groups is 1. The van der Waals surface area contributed by atoms with Gasteiger partial charge in [-0.15, -0.1) is 0 Å². The van der Waals surface area contributed by atoms with Crippen molar-refractivity contribution in [1.82, 2.24) is 5.32 Å². The molecule has 0 saturated carbocycles. The third kappa shape index (κ3) is 3.67. The fourth-order valence-corrected chi connectivity index (χ4v) is 2.28. The highest BCUT2D eigenvalue weighted by Gasteiger charge is 2.11. The Morgan fingerprint density at radius 3 is 2.65 bits per heavy atom. The van der Waals surface area contributed by atoms with Gasteiger partial charge in [-0.25, -0.2) is 4.39 Å². The van der Waals surface area contributed by atoms with E-state index in [0.717, 1.165) is 11.1 Å². The molecule has 1 atom stereocenters. The lowest BCUT2D eigenvalue weighted by Crippen LogP contribution is -2.28. The summed E-state index contributed by atoms with van der Waals surface area (Å²) in [7, 11) is 0. The van der Waals surface area contributed by atoms with Crippen LogP contribution in [-0.2, 0) is 11.2 Å². The summed E-state index contributed by atoms with van der Waals surface area (Å²) in [5, 5.41) is 2.94. The Morgan fingerprint density at radius 2 is 1.95 bits per heavy atom. The average Bonchev–Trinajstić information content (AvgIpc) is 2.38. The smallest absolute Gasteiger partial charge is 0.224 e. The molecule has 0 aromatic heterocycles. The lowest BCUT2D eigenvalue weighted by Gasteiger charge is -2.16. The van der Waals surface area contributed by atoms with Crippen molar-refractivity contribution in [2.24, 2.45) is 0 Å². The highest BCUT2D eigenvalue weighted by atomic mass is 19.1. The lowest BCUT2D eigenvalue weighted by molar-refractivity contribution is -0.121. The zero-order valence-electron chi connectivity index (χ0n) is 11.7. The van der Waals surface area contributed by atoms with Crippen LogP contribution in [0.5, 0.6) is 0 Å². The van der Waals surface area contributed by atoms with Crippen LogP contribution in [-0.4, -0.2) is 5.91 Å². The first-order chi connectivity index (χ1) is 9.56. The van der Waals surface area contributed by atoms with Crippen molar-refractivity contribution in [2.75, 3.05) is 0 Å². The first-order valence-electron chi connectivity index (χ1n) is 6.65. The third-order valence-electron chi connectivity index (χ3n) is 3.29. The molecule has 1 amide bonds. The number of hydrogen-bond acceptors (Lipinski definition) is 1. The van der Waals surface area contributed by atoms with Gasteiger partial charge in [-0.1, -0.05) is 36.4 Å². The Morgan fingerprint density at radius 1 is 1.20 bits per heavy atom. The lowest BCUT2D eigenvalue weighted by atomic mass is 10.0. The molecule has 0 aliphatic carbocycles. The van der Waals surface area contributed by atoms with E-state index in [0.29, 0.717) is 5.56 Å². The number of benzene rings is 2. The Labute approximate surface area is 118 Å². The molecule has 1 N–H and O–H groups in total. The van der Waals surface area contributed by atoms with Crippen LogP contribution < -0.4 is 5.32 Å². The summed E-state index contributed by atoms with van der Waals surface area (Å²) in [4.78, 5) is 12.0. The molecule has 20 heavy (non-hydrogen) atoms. The normalized spacial score (nSPS) is 11.9. The van der Waals surface area contributed by atoms with Crippen LogP contribution in [0.25, 0.3) is 0 Å². The van der Waals surface area contributed by atoms with Crippen molar-refractivity contribution < 1.29 is 9.18 Å². The molecule has 0 bridgehead atoms. The van der Waals surface area contributed by atoms with E-state index in [9.17, 15) is 9.18 Å². The minimum absolute atomic E-state index is 0.0581. The molecule has 2 aromatic carbocycles. The van der Waals surface area contributed by atoms with E-state index >= 15 is 0 Å². The first-order valence-corrected chi connectivity index (χ1v) is 6.65. The van der Waals surface area contributed by atoms with Crippen LogP contribution in [0, 0.1) is 12.7 Å². The van der Waals surface area contributed by atoms with Gasteiger partial charge in [0.2, 0.25) is 5.91 Å². The second kappa shape index (κ2) is 6.33. The van der Waals surface area contributed by atoms with Crippen molar-refractivity contribution in [3.63, 3.8) is 0 Å². The van der Waals surface area contributed by atoms with Crippen LogP contribution in [0.15, 0.2) is 48.5 Å². The SMILES string of the molecule is Cc1ccccc1C(C)NC(=O)Cc1cccc(F)c1. The summed E-state index contributed by atoms with van der Waals surface area (Å²) in [6.45, 7) is 3.97. The zero-order valence-corrected chi connectivity index (χ0v) is 11.7. The first kappa shape index (κ1) is 14.3. The summed E-state index contributed by atoms with van der Waals surface area (Å²) >= 11 is 0. The Kier molecular flexibility index (Phi) is 4.51. The van der Waals surface area contributed by atoms with Gasteiger partial charge in [0.05, 0.1) is 12.5 Å². The molecule has 3 heteroatoms. The fraction of sp³-hybridized carbons (Fsp3) is 0.235. The molecule has 0 heterocycles. The number of nitrogens with one attached hydrogen (secondary N) is 1. The van der Waals surface area contributed by atoms with Crippen LogP contribution in [0.1, 0.15) is 29.7 Å². The topological polar surface area (TPSA) is 29.1 Å². The number of aryl methyl sites for hydroxylation is 1. The van der Waals surface area contributed by atoms with Crippen molar-refractivity contribution in [2.45, 2.75) is 26.3 Å². The van der Waals surface area contributed by atoms with Crippen molar-refractivity contribution in [1.29, 1.82) is 0 Å². The molecule has 0 saturated heterocycles. The largest absolute Gasteiger partial charge is 0.349 e. The monoisotopic (exact) mass is 271 g/mol. The number of hydrogen-bond donors (Lipinski definition) is 1. The molecule has 1 unspecified atom stereocenters. The maximum atomic E-state index is 13.1. The molecule has 0 radical (unpaired) electrons. The van der Waals surface area contributed by atoms with Crippen molar-refractivity contribution >= 4 is 5.91 Å². The van der Waals surface area contributed by atoms with Gasteiger partial charge >= 0.3 is 0 Å². The number of rotatable bonds is 4. The maximum absolute atomic E-state index is 13.1. The molecule has 0 aliphatic rings. The molecular formula is C17H18FNO. The molecule has 104 valence electrons. The van der Waals surface area contributed by atoms with Crippen LogP contribution in [0.4, 0.5) is 4.39 Å². The molecule has 2 aromatic rings. The zero-order chi connectivity index (χ0) is 14.5. The minimum atomic E-state index is -0.317. The van der Waals surface area contributed by atoms with Crippen molar-refractivity contribution in [3.8, 4) is 0 Å². The second-order valence-corrected chi connectivity index (χ2v) is 4.95. The van der Waals surface area contributed by atoms with Crippen molar-refractivity contribution in [3.05, 3.63) is 71.0 Å². The van der Waals surface area contributed by atoms with Gasteiger partial charge in [-0.2, -0.15) is 0 Å². The summed E-state index contributed by atoms with van der Waals surface area (Å²) < 4.78 is 13.1. The standard InChI is InChI=1S/C17H18FNO/c1-12-6-3-4-9-16(12)13(2)19-17(20)11-14-7-5-8-15(18)10-14/h3-10,13H,11H2,1-2H3,(H,19,20). The number of carbonyl (C=O) groups excluding carboxylic acids is 1. The highest BCUT2D eigenvalue weighted by Crippen LogP contribution is 2.16. The molecular weight excluding hydrogens is 253 g/mol. The fourth-order valence-electron chi connectivity index (χ4n) is 2.28. The maximum Gasteiger partial charge on any atom is 0.224 e. The Bertz CT molecular complexity index is 609. The van der Waals surface area contributed by atoms with E-state index in [1.807, 2.05) is 38.1 Å². The van der Waals surface area contributed by atoms with E-state index in [2.05, 4.69) is 5.32 Å². The summed E-state index contributed by atoms with van der Waals surface area (Å²) in [5.41, 5.74) is 2.92. The van der Waals surface area contributed by atoms with Gasteiger partial charge < -0.3 is 5.32 Å². The van der Waals surface area contributed by atoms with Crippen LogP contribution in [0.2, 0.25) is 0 Å². The number of halogens is 1. The van der Waals surface area contributed by atoms with Gasteiger partial charge in [0.15, 0.2) is 0 Å². The summed E-state index contributed by atoms with van der Waals surface area (Å²) in [6, 6.07) is 14.0. The Balaban J connectivity index is 2.00. The van der Waals surface area contributed by atoms with Gasteiger partial charge in [0, 0.05) is 0 Å². The molecule has 0 spiro atoms. The quantitative estimate of drug-likeness (QED) is 0.905. The predicted molar refractivity (Wildman–Crippen MR) is 77.8 cm³/mol. The van der Waals surface area contributed by atoms with E-state index in [1.54, 1.807) is 12.1 Å². The molecule has 0 fully saturated rings. The molecule has 0 aliphatic heterocycles. The van der Waals surface area contributed by atoms with Gasteiger partial charge in [0.25, 0.3) is 0 Å². The summed E-state index contributed by atoms with van der Waals surface area (Å²) in [6.07, 6.45) is 0.188. The minimum Gasteiger partial charge on any atom is -0.349 e. The number of amides is 1. The van der Waals surface area contributed by atoms with Crippen LogP contribution >= 0.6 is 0 Å². The second-order valence-electron chi connectivity index (χ2n) is 4.95. The van der Waals surface area contributed by atoms with E-state index in [4.69, 9.17) is 0 Å². The van der Waals surface area contributed by atoms with E-state index in [1.165, 1.54) is 12.1 Å². The molecule has 2 nitrogen and oxygen atoms in total. The van der Waals surface area contributed by atoms with Gasteiger partial charge in [0.1, 0.15) is 5.82 Å². The highest BCUT2D eigenvalue weighted by molar-refractivity contribution is 5.79. The third-order valence-corrected chi connectivity index (χ3v) is 3.29. The van der Waals surface area contributed by atoms with Gasteiger partial charge in [-0.3, -0.25) is 4.79 Å². The van der Waals surface area contributed by atoms with E-state index < -0.39 is 0 Å². The van der Waals surface area contributed by atoms with Crippen LogP contribution in [0.3, 0.4) is 0 Å². The summed E-state index contributed by atoms with van der Waals surface area (Å²) in [5.74, 6) is -0.423. The molecule has 2 rings (SSSR count). The predicted octanol–water partition coefficient (Wildman–Crippen LogP) is 3.55. The average molecular weight is 271 g/mol.